The molecule has 116 valence electrons. The lowest BCUT2D eigenvalue weighted by atomic mass is 9.92. The predicted molar refractivity (Wildman–Crippen MR) is 90.2 cm³/mol. The van der Waals surface area contributed by atoms with E-state index in [0.717, 1.165) is 5.92 Å². The molecule has 2 nitrogen and oxygen atoms in total. The lowest BCUT2D eigenvalue weighted by Crippen LogP contribution is -2.42. The highest BCUT2D eigenvalue weighted by Crippen LogP contribution is 2.34. The van der Waals surface area contributed by atoms with Crippen molar-refractivity contribution in [1.82, 2.24) is 10.6 Å². The molecule has 2 fully saturated rings. The molecule has 0 radical (unpaired) electrons. The molecule has 0 spiro atoms. The van der Waals surface area contributed by atoms with Crippen LogP contribution < -0.4 is 10.6 Å². The van der Waals surface area contributed by atoms with Gasteiger partial charge < -0.3 is 10.6 Å². The molecule has 4 atom stereocenters. The minimum Gasteiger partial charge on any atom is -0.314 e. The van der Waals surface area contributed by atoms with Gasteiger partial charge in [-0.3, -0.25) is 0 Å². The second-order valence-electron chi connectivity index (χ2n) is 6.47. The topological polar surface area (TPSA) is 24.1 Å². The van der Waals surface area contributed by atoms with Gasteiger partial charge in [-0.25, -0.2) is 0 Å². The second kappa shape index (κ2) is 6.87. The molecule has 1 saturated carbocycles. The van der Waals surface area contributed by atoms with E-state index >= 15 is 0 Å². The van der Waals surface area contributed by atoms with Crippen LogP contribution in [0.15, 0.2) is 18.2 Å². The summed E-state index contributed by atoms with van der Waals surface area (Å²) in [6, 6.07) is 7.59. The molecule has 1 aromatic rings. The summed E-state index contributed by atoms with van der Waals surface area (Å²) in [5.41, 5.74) is 1.22. The van der Waals surface area contributed by atoms with Gasteiger partial charge in [-0.15, -0.1) is 0 Å². The van der Waals surface area contributed by atoms with E-state index in [1.165, 1.54) is 44.2 Å². The van der Waals surface area contributed by atoms with E-state index in [0.29, 0.717) is 28.2 Å². The van der Waals surface area contributed by atoms with Crippen molar-refractivity contribution in [1.29, 1.82) is 0 Å². The Bertz CT molecular complexity index is 486. The van der Waals surface area contributed by atoms with Crippen molar-refractivity contribution in [2.45, 2.75) is 57.2 Å². The molecule has 1 aromatic carbocycles. The summed E-state index contributed by atoms with van der Waals surface area (Å²) < 4.78 is 0. The van der Waals surface area contributed by atoms with Crippen LogP contribution in [0.5, 0.6) is 0 Å². The van der Waals surface area contributed by atoms with Crippen LogP contribution in [0.25, 0.3) is 0 Å². The largest absolute Gasteiger partial charge is 0.314 e. The molecule has 2 N–H and O–H groups in total. The molecular weight excluding hydrogens is 303 g/mol. The van der Waals surface area contributed by atoms with Gasteiger partial charge in [0.2, 0.25) is 0 Å². The molecule has 2 aliphatic rings. The Balaban J connectivity index is 1.65. The first kappa shape index (κ1) is 15.6. The van der Waals surface area contributed by atoms with Crippen molar-refractivity contribution in [3.8, 4) is 0 Å². The van der Waals surface area contributed by atoms with E-state index in [9.17, 15) is 0 Å². The van der Waals surface area contributed by atoms with Gasteiger partial charge in [0.25, 0.3) is 0 Å². The van der Waals surface area contributed by atoms with Crippen LogP contribution in [0.3, 0.4) is 0 Å². The molecule has 21 heavy (non-hydrogen) atoms. The zero-order valence-corrected chi connectivity index (χ0v) is 14.1. The average molecular weight is 327 g/mol. The number of rotatable bonds is 4. The Labute approximate surface area is 137 Å². The number of hydrogen-bond acceptors (Lipinski definition) is 2. The van der Waals surface area contributed by atoms with E-state index in [4.69, 9.17) is 23.2 Å². The number of nitrogens with one attached hydrogen (secondary N) is 2. The smallest absolute Gasteiger partial charge is 0.0595 e. The highest BCUT2D eigenvalue weighted by molar-refractivity contribution is 6.42. The Hall–Kier alpha value is -0.280. The molecule has 1 saturated heterocycles. The van der Waals surface area contributed by atoms with E-state index in [2.05, 4.69) is 23.6 Å². The zero-order chi connectivity index (χ0) is 14.8. The Morgan fingerprint density at radius 1 is 1.14 bits per heavy atom. The van der Waals surface area contributed by atoms with Crippen LogP contribution in [0.4, 0.5) is 0 Å². The fraction of sp³-hybridized carbons (Fsp3) is 0.647. The van der Waals surface area contributed by atoms with Crippen molar-refractivity contribution in [3.05, 3.63) is 33.8 Å². The lowest BCUT2D eigenvalue weighted by Gasteiger charge is -2.29. The Morgan fingerprint density at radius 3 is 2.71 bits per heavy atom. The molecule has 1 aliphatic carbocycles. The molecule has 4 heteroatoms. The standard InChI is InChI=1S/C17H24Cl2N2/c1-11(12-7-8-14(18)15(19)10-12)21-17-5-2-4-13(17)16-6-3-9-20-16/h7-8,10-11,13,16-17,20-21H,2-6,9H2,1H3. The molecule has 4 unspecified atom stereocenters. The van der Waals surface area contributed by atoms with Gasteiger partial charge >= 0.3 is 0 Å². The van der Waals surface area contributed by atoms with Gasteiger partial charge in [0.05, 0.1) is 10.0 Å². The third-order valence-electron chi connectivity index (χ3n) is 5.09. The molecule has 0 bridgehead atoms. The van der Waals surface area contributed by atoms with Crippen molar-refractivity contribution in [2.24, 2.45) is 5.92 Å². The van der Waals surface area contributed by atoms with Crippen molar-refractivity contribution in [2.75, 3.05) is 6.54 Å². The third-order valence-corrected chi connectivity index (χ3v) is 5.83. The summed E-state index contributed by atoms with van der Waals surface area (Å²) in [6.07, 6.45) is 6.65. The Kier molecular flexibility index (Phi) is 5.11. The van der Waals surface area contributed by atoms with Gasteiger partial charge in [0.1, 0.15) is 0 Å². The maximum atomic E-state index is 6.14. The summed E-state index contributed by atoms with van der Waals surface area (Å²) >= 11 is 12.1. The van der Waals surface area contributed by atoms with Crippen LogP contribution in [0.2, 0.25) is 10.0 Å². The highest BCUT2D eigenvalue weighted by Gasteiger charge is 2.35. The third kappa shape index (κ3) is 3.56. The Morgan fingerprint density at radius 2 is 2.00 bits per heavy atom. The van der Waals surface area contributed by atoms with Crippen LogP contribution in [-0.4, -0.2) is 18.6 Å². The normalized spacial score (nSPS) is 30.7. The minimum absolute atomic E-state index is 0.312. The van der Waals surface area contributed by atoms with Gasteiger partial charge in [-0.1, -0.05) is 35.7 Å². The van der Waals surface area contributed by atoms with E-state index in [-0.39, 0.29) is 0 Å². The SMILES string of the molecule is CC(NC1CCCC1C1CCCN1)c1ccc(Cl)c(Cl)c1. The first-order valence-electron chi connectivity index (χ1n) is 8.09. The van der Waals surface area contributed by atoms with Crippen LogP contribution >= 0.6 is 23.2 Å². The highest BCUT2D eigenvalue weighted by atomic mass is 35.5. The maximum Gasteiger partial charge on any atom is 0.0595 e. The fourth-order valence-electron chi connectivity index (χ4n) is 3.95. The molecule has 0 amide bonds. The molecular formula is C17H24Cl2N2. The van der Waals surface area contributed by atoms with Crippen LogP contribution in [-0.2, 0) is 0 Å². The average Bonchev–Trinajstić information content (AvgIpc) is 3.12. The second-order valence-corrected chi connectivity index (χ2v) is 7.28. The van der Waals surface area contributed by atoms with Crippen LogP contribution in [0, 0.1) is 5.92 Å². The quantitative estimate of drug-likeness (QED) is 0.847. The summed E-state index contributed by atoms with van der Waals surface area (Å²) in [6.45, 7) is 3.41. The molecule has 1 heterocycles. The minimum atomic E-state index is 0.312. The van der Waals surface area contributed by atoms with E-state index < -0.39 is 0 Å². The summed E-state index contributed by atoms with van der Waals surface area (Å²) in [4.78, 5) is 0. The van der Waals surface area contributed by atoms with E-state index in [1.807, 2.05) is 12.1 Å². The van der Waals surface area contributed by atoms with Crippen molar-refractivity contribution in [3.63, 3.8) is 0 Å². The number of benzene rings is 1. The van der Waals surface area contributed by atoms with Crippen molar-refractivity contribution >= 4 is 23.2 Å². The molecule has 3 rings (SSSR count). The van der Waals surface area contributed by atoms with Gasteiger partial charge in [0, 0.05) is 18.1 Å². The first-order chi connectivity index (χ1) is 10.1. The van der Waals surface area contributed by atoms with Crippen molar-refractivity contribution < 1.29 is 0 Å². The summed E-state index contributed by atoms with van der Waals surface area (Å²) in [5.74, 6) is 0.776. The van der Waals surface area contributed by atoms with Gasteiger partial charge in [-0.05, 0) is 62.8 Å². The fourth-order valence-corrected chi connectivity index (χ4v) is 4.26. The van der Waals surface area contributed by atoms with Gasteiger partial charge in [0.15, 0.2) is 0 Å². The van der Waals surface area contributed by atoms with Crippen LogP contribution in [0.1, 0.15) is 50.6 Å². The zero-order valence-electron chi connectivity index (χ0n) is 12.5. The number of halogens is 2. The molecule has 0 aromatic heterocycles. The first-order valence-corrected chi connectivity index (χ1v) is 8.85. The molecule has 1 aliphatic heterocycles. The summed E-state index contributed by atoms with van der Waals surface area (Å²) in [7, 11) is 0. The maximum absolute atomic E-state index is 6.14. The van der Waals surface area contributed by atoms with E-state index in [1.54, 1.807) is 0 Å². The number of hydrogen-bond donors (Lipinski definition) is 2. The lowest BCUT2D eigenvalue weighted by molar-refractivity contribution is 0.303. The summed E-state index contributed by atoms with van der Waals surface area (Å²) in [5, 5.41) is 8.77. The predicted octanol–water partition coefficient (Wildman–Crippen LogP) is 4.56. The monoisotopic (exact) mass is 326 g/mol. The van der Waals surface area contributed by atoms with Gasteiger partial charge in [-0.2, -0.15) is 0 Å².